The largest absolute Gasteiger partial charge is 0.474 e. The molecular weight excluding hydrogens is 439 g/mol. The zero-order valence-electron chi connectivity index (χ0n) is 15.4. The van der Waals surface area contributed by atoms with Crippen molar-refractivity contribution in [3.8, 4) is 5.88 Å². The molecule has 0 amide bonds. The first-order valence-corrected chi connectivity index (χ1v) is 8.86. The summed E-state index contributed by atoms with van der Waals surface area (Å²) in [5.74, 6) is 1.07. The number of ether oxygens (including phenoxy) is 1. The lowest BCUT2D eigenvalue weighted by atomic mass is 10.1. The number of nitrogens with two attached hydrogens (primary N) is 1. The highest BCUT2D eigenvalue weighted by Crippen LogP contribution is 2.25. The smallest absolute Gasteiger partial charge is 0.218 e. The van der Waals surface area contributed by atoms with Crippen LogP contribution in [-0.4, -0.2) is 17.0 Å². The van der Waals surface area contributed by atoms with E-state index in [-0.39, 0.29) is 30.1 Å². The highest BCUT2D eigenvalue weighted by molar-refractivity contribution is 14.0. The predicted octanol–water partition coefficient (Wildman–Crippen LogP) is 4.56. The van der Waals surface area contributed by atoms with Gasteiger partial charge in [0.2, 0.25) is 5.88 Å². The predicted molar refractivity (Wildman–Crippen MR) is 117 cm³/mol. The summed E-state index contributed by atoms with van der Waals surface area (Å²) in [4.78, 5) is 8.81. The molecule has 0 radical (unpaired) electrons. The van der Waals surface area contributed by atoms with Gasteiger partial charge in [-0.2, -0.15) is 0 Å². The molecule has 0 spiro atoms. The number of anilines is 1. The van der Waals surface area contributed by atoms with Crippen LogP contribution in [0.2, 0.25) is 0 Å². The maximum absolute atomic E-state index is 6.04. The Labute approximate surface area is 172 Å². The van der Waals surface area contributed by atoms with Crippen molar-refractivity contribution in [3.05, 3.63) is 53.2 Å². The number of rotatable bonds is 5. The van der Waals surface area contributed by atoms with Gasteiger partial charge < -0.3 is 15.8 Å². The minimum absolute atomic E-state index is 0. The molecule has 1 saturated carbocycles. The highest BCUT2D eigenvalue weighted by atomic mass is 127. The van der Waals surface area contributed by atoms with E-state index in [9.17, 15) is 0 Å². The SMILES string of the molecule is Cc1ccc(NC(N)=NCc2cccnc2OC2CCCC2)cc1C.I. The first-order valence-electron chi connectivity index (χ1n) is 8.86. The number of nitrogens with one attached hydrogen (secondary N) is 1. The minimum atomic E-state index is 0. The van der Waals surface area contributed by atoms with Gasteiger partial charge in [-0.3, -0.25) is 0 Å². The summed E-state index contributed by atoms with van der Waals surface area (Å²) in [6, 6.07) is 10.0. The van der Waals surface area contributed by atoms with E-state index in [0.29, 0.717) is 18.4 Å². The lowest BCUT2D eigenvalue weighted by molar-refractivity contribution is 0.199. The molecule has 0 bridgehead atoms. The monoisotopic (exact) mass is 466 g/mol. The van der Waals surface area contributed by atoms with Crippen molar-refractivity contribution >= 4 is 35.6 Å². The number of aliphatic imine (C=N–C) groups is 1. The van der Waals surface area contributed by atoms with Crippen molar-refractivity contribution in [1.29, 1.82) is 0 Å². The molecular formula is C20H27IN4O. The molecule has 140 valence electrons. The van der Waals surface area contributed by atoms with Gasteiger partial charge >= 0.3 is 0 Å². The summed E-state index contributed by atoms with van der Waals surface area (Å²) in [5.41, 5.74) is 10.4. The molecule has 1 aliphatic carbocycles. The van der Waals surface area contributed by atoms with Gasteiger partial charge in [0.05, 0.1) is 6.54 Å². The molecule has 0 unspecified atom stereocenters. The van der Waals surface area contributed by atoms with Crippen LogP contribution < -0.4 is 15.8 Å². The highest BCUT2D eigenvalue weighted by Gasteiger charge is 2.18. The van der Waals surface area contributed by atoms with Gasteiger partial charge in [-0.25, -0.2) is 9.98 Å². The van der Waals surface area contributed by atoms with Crippen molar-refractivity contribution in [2.45, 2.75) is 52.2 Å². The second kappa shape index (κ2) is 9.75. The molecule has 3 N–H and O–H groups in total. The third-order valence-corrected chi connectivity index (χ3v) is 4.63. The average molecular weight is 466 g/mol. The van der Waals surface area contributed by atoms with E-state index in [2.05, 4.69) is 41.3 Å². The standard InChI is InChI=1S/C20H26N4O.HI/c1-14-9-10-17(12-15(14)2)24-20(21)23-13-16-6-5-11-22-19(16)25-18-7-3-4-8-18;/h5-6,9-12,18H,3-4,7-8,13H2,1-2H3,(H3,21,23,24);1H. The molecule has 0 aliphatic heterocycles. The fourth-order valence-corrected chi connectivity index (χ4v) is 2.99. The molecule has 1 fully saturated rings. The molecule has 5 nitrogen and oxygen atoms in total. The average Bonchev–Trinajstić information content (AvgIpc) is 3.10. The first-order chi connectivity index (χ1) is 12.1. The van der Waals surface area contributed by atoms with Gasteiger partial charge in [0.25, 0.3) is 0 Å². The van der Waals surface area contributed by atoms with Crippen molar-refractivity contribution in [2.24, 2.45) is 10.7 Å². The maximum Gasteiger partial charge on any atom is 0.218 e. The van der Waals surface area contributed by atoms with E-state index in [0.717, 1.165) is 24.1 Å². The quantitative estimate of drug-likeness (QED) is 0.385. The molecule has 2 aromatic rings. The number of aryl methyl sites for hydroxylation is 2. The molecule has 1 aromatic carbocycles. The lowest BCUT2D eigenvalue weighted by Crippen LogP contribution is -2.22. The fourth-order valence-electron chi connectivity index (χ4n) is 2.99. The maximum atomic E-state index is 6.04. The van der Waals surface area contributed by atoms with Crippen LogP contribution in [0.1, 0.15) is 42.4 Å². The fraction of sp³-hybridized carbons (Fsp3) is 0.400. The summed E-state index contributed by atoms with van der Waals surface area (Å²) >= 11 is 0. The van der Waals surface area contributed by atoms with E-state index in [1.807, 2.05) is 18.2 Å². The van der Waals surface area contributed by atoms with Gasteiger partial charge in [-0.1, -0.05) is 12.1 Å². The van der Waals surface area contributed by atoms with Crippen LogP contribution in [0.4, 0.5) is 5.69 Å². The Morgan fingerprint density at radius 2 is 2.00 bits per heavy atom. The van der Waals surface area contributed by atoms with E-state index in [4.69, 9.17) is 10.5 Å². The van der Waals surface area contributed by atoms with Crippen LogP contribution in [-0.2, 0) is 6.54 Å². The number of halogens is 1. The normalized spacial score (nSPS) is 14.8. The zero-order valence-corrected chi connectivity index (χ0v) is 17.7. The molecule has 0 atom stereocenters. The second-order valence-electron chi connectivity index (χ2n) is 6.62. The van der Waals surface area contributed by atoms with Gasteiger partial charge in [0.15, 0.2) is 5.96 Å². The van der Waals surface area contributed by atoms with Crippen molar-refractivity contribution in [1.82, 2.24) is 4.98 Å². The number of hydrogen-bond donors (Lipinski definition) is 2. The van der Waals surface area contributed by atoms with Gasteiger partial charge in [-0.15, -0.1) is 24.0 Å². The minimum Gasteiger partial charge on any atom is -0.474 e. The third kappa shape index (κ3) is 5.59. The molecule has 1 heterocycles. The number of pyridine rings is 1. The summed E-state index contributed by atoms with van der Waals surface area (Å²) < 4.78 is 6.04. The Bertz CT molecular complexity index is 757. The summed E-state index contributed by atoms with van der Waals surface area (Å²) in [6.07, 6.45) is 6.72. The van der Waals surface area contributed by atoms with E-state index in [1.165, 1.54) is 24.0 Å². The van der Waals surface area contributed by atoms with Crippen molar-refractivity contribution in [3.63, 3.8) is 0 Å². The Morgan fingerprint density at radius 1 is 1.23 bits per heavy atom. The molecule has 0 saturated heterocycles. The molecule has 1 aliphatic rings. The van der Waals surface area contributed by atoms with Crippen LogP contribution in [0.5, 0.6) is 5.88 Å². The number of benzene rings is 1. The van der Waals surface area contributed by atoms with E-state index >= 15 is 0 Å². The zero-order chi connectivity index (χ0) is 17.6. The third-order valence-electron chi connectivity index (χ3n) is 4.63. The molecule has 1 aromatic heterocycles. The van der Waals surface area contributed by atoms with Crippen LogP contribution in [0.15, 0.2) is 41.5 Å². The van der Waals surface area contributed by atoms with Crippen LogP contribution in [0.3, 0.4) is 0 Å². The Hall–Kier alpha value is -1.83. The van der Waals surface area contributed by atoms with Crippen LogP contribution >= 0.6 is 24.0 Å². The van der Waals surface area contributed by atoms with E-state index in [1.54, 1.807) is 6.20 Å². The lowest BCUT2D eigenvalue weighted by Gasteiger charge is -2.14. The van der Waals surface area contributed by atoms with Crippen molar-refractivity contribution in [2.75, 3.05) is 5.32 Å². The van der Waals surface area contributed by atoms with Crippen LogP contribution in [0, 0.1) is 13.8 Å². The first kappa shape index (κ1) is 20.5. The number of nitrogens with zero attached hydrogens (tertiary/aromatic N) is 2. The summed E-state index contributed by atoms with van der Waals surface area (Å²) in [5, 5.41) is 3.14. The molecule has 6 heteroatoms. The molecule has 3 rings (SSSR count). The Morgan fingerprint density at radius 3 is 2.73 bits per heavy atom. The number of hydrogen-bond acceptors (Lipinski definition) is 3. The Kier molecular flexibility index (Phi) is 7.68. The van der Waals surface area contributed by atoms with Crippen molar-refractivity contribution < 1.29 is 4.74 Å². The van der Waals surface area contributed by atoms with E-state index < -0.39 is 0 Å². The van der Waals surface area contributed by atoms with Gasteiger partial charge in [0, 0.05) is 17.4 Å². The number of guanidine groups is 1. The number of aromatic nitrogens is 1. The second-order valence-corrected chi connectivity index (χ2v) is 6.62. The summed E-state index contributed by atoms with van der Waals surface area (Å²) in [7, 11) is 0. The summed E-state index contributed by atoms with van der Waals surface area (Å²) in [6.45, 7) is 4.61. The van der Waals surface area contributed by atoms with Crippen LogP contribution in [0.25, 0.3) is 0 Å². The van der Waals surface area contributed by atoms with Gasteiger partial charge in [-0.05, 0) is 68.9 Å². The Balaban J connectivity index is 0.00000243. The molecule has 26 heavy (non-hydrogen) atoms. The topological polar surface area (TPSA) is 72.5 Å². The van der Waals surface area contributed by atoms with Gasteiger partial charge in [0.1, 0.15) is 6.10 Å².